The molecule has 0 atom stereocenters. The molecule has 90 valence electrons. The van der Waals surface area contributed by atoms with Crippen molar-refractivity contribution in [1.29, 1.82) is 0 Å². The second-order valence-electron chi connectivity index (χ2n) is 3.90. The standard InChI is InChI=1S/C13H22N2O/c1-4-6-7-15(5-2)12-8-11(14)9-13(10-12)16-3/h8-10H,4-7,14H2,1-3H3. The van der Waals surface area contributed by atoms with Gasteiger partial charge in [-0.3, -0.25) is 0 Å². The van der Waals surface area contributed by atoms with E-state index >= 15 is 0 Å². The molecule has 1 aromatic carbocycles. The Labute approximate surface area is 98.2 Å². The van der Waals surface area contributed by atoms with E-state index in [1.165, 1.54) is 12.8 Å². The summed E-state index contributed by atoms with van der Waals surface area (Å²) in [6.45, 7) is 6.42. The molecule has 0 radical (unpaired) electrons. The maximum atomic E-state index is 5.85. The molecule has 0 bridgehead atoms. The van der Waals surface area contributed by atoms with Crippen LogP contribution in [0.2, 0.25) is 0 Å². The molecule has 3 heteroatoms. The summed E-state index contributed by atoms with van der Waals surface area (Å²) in [6, 6.07) is 5.88. The average molecular weight is 222 g/mol. The lowest BCUT2D eigenvalue weighted by Gasteiger charge is -2.23. The van der Waals surface area contributed by atoms with Crippen molar-refractivity contribution in [2.24, 2.45) is 0 Å². The van der Waals surface area contributed by atoms with Gasteiger partial charge in [0.2, 0.25) is 0 Å². The maximum absolute atomic E-state index is 5.85. The molecule has 1 rings (SSSR count). The van der Waals surface area contributed by atoms with Gasteiger partial charge in [-0.15, -0.1) is 0 Å². The van der Waals surface area contributed by atoms with Gasteiger partial charge < -0.3 is 15.4 Å². The maximum Gasteiger partial charge on any atom is 0.122 e. The van der Waals surface area contributed by atoms with Crippen LogP contribution in [-0.4, -0.2) is 20.2 Å². The highest BCUT2D eigenvalue weighted by atomic mass is 16.5. The molecule has 0 unspecified atom stereocenters. The summed E-state index contributed by atoms with van der Waals surface area (Å²) in [7, 11) is 1.67. The van der Waals surface area contributed by atoms with Crippen molar-refractivity contribution < 1.29 is 4.74 Å². The third-order valence-electron chi connectivity index (χ3n) is 2.68. The number of benzene rings is 1. The first-order chi connectivity index (χ1) is 7.71. The molecular formula is C13H22N2O. The van der Waals surface area contributed by atoms with Crippen LogP contribution in [0.5, 0.6) is 5.75 Å². The molecule has 0 aliphatic rings. The number of nitrogens with two attached hydrogens (primary N) is 1. The van der Waals surface area contributed by atoms with Gasteiger partial charge in [-0.05, 0) is 19.4 Å². The first kappa shape index (κ1) is 12.7. The van der Waals surface area contributed by atoms with Crippen molar-refractivity contribution in [3.05, 3.63) is 18.2 Å². The van der Waals surface area contributed by atoms with Gasteiger partial charge in [0.05, 0.1) is 7.11 Å². The Morgan fingerprint density at radius 1 is 1.25 bits per heavy atom. The summed E-state index contributed by atoms with van der Waals surface area (Å²) < 4.78 is 5.23. The van der Waals surface area contributed by atoms with E-state index in [0.29, 0.717) is 0 Å². The number of hydrogen-bond donors (Lipinski definition) is 1. The van der Waals surface area contributed by atoms with E-state index < -0.39 is 0 Å². The van der Waals surface area contributed by atoms with E-state index in [1.807, 2.05) is 18.2 Å². The number of nitrogen functional groups attached to an aromatic ring is 1. The summed E-state index contributed by atoms with van der Waals surface area (Å²) >= 11 is 0. The second kappa shape index (κ2) is 6.26. The van der Waals surface area contributed by atoms with Crippen LogP contribution in [0.4, 0.5) is 11.4 Å². The van der Waals surface area contributed by atoms with Crippen LogP contribution in [0.1, 0.15) is 26.7 Å². The Morgan fingerprint density at radius 2 is 2.00 bits per heavy atom. The second-order valence-corrected chi connectivity index (χ2v) is 3.90. The molecule has 0 aliphatic carbocycles. The summed E-state index contributed by atoms with van der Waals surface area (Å²) in [5.74, 6) is 0.824. The van der Waals surface area contributed by atoms with Gasteiger partial charge in [0.1, 0.15) is 5.75 Å². The zero-order valence-corrected chi connectivity index (χ0v) is 10.5. The van der Waals surface area contributed by atoms with Crippen LogP contribution in [0.15, 0.2) is 18.2 Å². The van der Waals surface area contributed by atoms with E-state index in [1.54, 1.807) is 7.11 Å². The number of nitrogens with zero attached hydrogens (tertiary/aromatic N) is 1. The molecular weight excluding hydrogens is 200 g/mol. The molecule has 0 saturated carbocycles. The van der Waals surface area contributed by atoms with Crippen molar-refractivity contribution in [2.75, 3.05) is 30.8 Å². The Balaban J connectivity index is 2.86. The molecule has 0 aromatic heterocycles. The minimum absolute atomic E-state index is 0.754. The van der Waals surface area contributed by atoms with Crippen molar-refractivity contribution in [3.63, 3.8) is 0 Å². The number of unbranched alkanes of at least 4 members (excludes halogenated alkanes) is 1. The quantitative estimate of drug-likeness (QED) is 0.752. The molecule has 0 spiro atoms. The summed E-state index contributed by atoms with van der Waals surface area (Å²) in [5.41, 5.74) is 7.75. The summed E-state index contributed by atoms with van der Waals surface area (Å²) in [6.07, 6.45) is 2.40. The van der Waals surface area contributed by atoms with Crippen LogP contribution in [-0.2, 0) is 0 Å². The summed E-state index contributed by atoms with van der Waals surface area (Å²) in [5, 5.41) is 0. The van der Waals surface area contributed by atoms with Gasteiger partial charge in [-0.25, -0.2) is 0 Å². The molecule has 2 N–H and O–H groups in total. The predicted molar refractivity (Wildman–Crippen MR) is 70.2 cm³/mol. The van der Waals surface area contributed by atoms with E-state index in [2.05, 4.69) is 18.7 Å². The minimum Gasteiger partial charge on any atom is -0.497 e. The first-order valence-electron chi connectivity index (χ1n) is 5.90. The SMILES string of the molecule is CCCCN(CC)c1cc(N)cc(OC)c1. The lowest BCUT2D eigenvalue weighted by atomic mass is 10.2. The Bertz CT molecular complexity index is 326. The molecule has 16 heavy (non-hydrogen) atoms. The smallest absolute Gasteiger partial charge is 0.122 e. The molecule has 0 heterocycles. The van der Waals surface area contributed by atoms with Gasteiger partial charge in [-0.2, -0.15) is 0 Å². The van der Waals surface area contributed by atoms with Crippen LogP contribution in [0, 0.1) is 0 Å². The van der Waals surface area contributed by atoms with Gasteiger partial charge in [-0.1, -0.05) is 13.3 Å². The van der Waals surface area contributed by atoms with Crippen LogP contribution in [0.3, 0.4) is 0 Å². The largest absolute Gasteiger partial charge is 0.497 e. The van der Waals surface area contributed by atoms with Crippen molar-refractivity contribution in [2.45, 2.75) is 26.7 Å². The Kier molecular flexibility index (Phi) is 4.96. The van der Waals surface area contributed by atoms with Gasteiger partial charge in [0.15, 0.2) is 0 Å². The highest BCUT2D eigenvalue weighted by molar-refractivity contribution is 5.60. The highest BCUT2D eigenvalue weighted by Crippen LogP contribution is 2.25. The van der Waals surface area contributed by atoms with Gasteiger partial charge in [0, 0.05) is 36.6 Å². The number of rotatable bonds is 6. The van der Waals surface area contributed by atoms with Crippen LogP contribution >= 0.6 is 0 Å². The predicted octanol–water partition coefficient (Wildman–Crippen LogP) is 2.90. The zero-order chi connectivity index (χ0) is 12.0. The third kappa shape index (κ3) is 3.33. The van der Waals surface area contributed by atoms with Crippen LogP contribution < -0.4 is 15.4 Å². The number of ether oxygens (including phenoxy) is 1. The van der Waals surface area contributed by atoms with E-state index in [4.69, 9.17) is 10.5 Å². The van der Waals surface area contributed by atoms with E-state index in [-0.39, 0.29) is 0 Å². The summed E-state index contributed by atoms with van der Waals surface area (Å²) in [4.78, 5) is 2.32. The molecule has 0 aliphatic heterocycles. The average Bonchev–Trinajstić information content (AvgIpc) is 2.29. The fourth-order valence-electron chi connectivity index (χ4n) is 1.72. The number of hydrogen-bond acceptors (Lipinski definition) is 3. The molecule has 3 nitrogen and oxygen atoms in total. The zero-order valence-electron chi connectivity index (χ0n) is 10.5. The fourth-order valence-corrected chi connectivity index (χ4v) is 1.72. The van der Waals surface area contributed by atoms with Crippen molar-refractivity contribution >= 4 is 11.4 Å². The number of methoxy groups -OCH3 is 1. The Hall–Kier alpha value is -1.38. The van der Waals surface area contributed by atoms with E-state index in [0.717, 1.165) is 30.2 Å². The molecule has 0 amide bonds. The molecule has 0 saturated heterocycles. The lowest BCUT2D eigenvalue weighted by Crippen LogP contribution is -2.23. The van der Waals surface area contributed by atoms with Gasteiger partial charge in [0.25, 0.3) is 0 Å². The first-order valence-corrected chi connectivity index (χ1v) is 5.90. The van der Waals surface area contributed by atoms with E-state index in [9.17, 15) is 0 Å². The molecule has 0 fully saturated rings. The molecule has 1 aromatic rings. The lowest BCUT2D eigenvalue weighted by molar-refractivity contribution is 0.415. The Morgan fingerprint density at radius 3 is 2.56 bits per heavy atom. The fraction of sp³-hybridized carbons (Fsp3) is 0.538. The normalized spacial score (nSPS) is 10.2. The van der Waals surface area contributed by atoms with Crippen molar-refractivity contribution in [3.8, 4) is 5.75 Å². The van der Waals surface area contributed by atoms with Crippen LogP contribution in [0.25, 0.3) is 0 Å². The third-order valence-corrected chi connectivity index (χ3v) is 2.68. The van der Waals surface area contributed by atoms with Crippen molar-refractivity contribution in [1.82, 2.24) is 0 Å². The highest BCUT2D eigenvalue weighted by Gasteiger charge is 2.06. The monoisotopic (exact) mass is 222 g/mol. The number of anilines is 2. The van der Waals surface area contributed by atoms with Gasteiger partial charge >= 0.3 is 0 Å². The minimum atomic E-state index is 0.754. The topological polar surface area (TPSA) is 38.5 Å².